The van der Waals surface area contributed by atoms with Crippen LogP contribution in [-0.2, 0) is 18.3 Å². The SMILES string of the molecule is CCCCCCOP(=O)(O)OC[C@H]1O[C@@H](n2ccc(N)nc2=O)[C@H](O)[C@@H]1O. The number of phosphoric ester groups is 1. The van der Waals surface area contributed by atoms with Crippen LogP contribution in [-0.4, -0.2) is 56.2 Å². The molecular weight excluding hydrogens is 381 g/mol. The molecule has 1 fully saturated rings. The van der Waals surface area contributed by atoms with Crippen molar-refractivity contribution in [2.75, 3.05) is 18.9 Å². The highest BCUT2D eigenvalue weighted by Gasteiger charge is 2.45. The maximum atomic E-state index is 11.9. The quantitative estimate of drug-likeness (QED) is 0.310. The van der Waals surface area contributed by atoms with E-state index in [4.69, 9.17) is 19.5 Å². The van der Waals surface area contributed by atoms with Gasteiger partial charge in [-0.1, -0.05) is 26.2 Å². The summed E-state index contributed by atoms with van der Waals surface area (Å²) in [5, 5.41) is 20.2. The molecule has 0 radical (unpaired) electrons. The Hall–Kier alpha value is -1.33. The van der Waals surface area contributed by atoms with Crippen LogP contribution in [0.1, 0.15) is 38.8 Å². The lowest BCUT2D eigenvalue weighted by atomic mass is 10.1. The van der Waals surface area contributed by atoms with E-state index in [0.717, 1.165) is 23.8 Å². The third-order valence-electron chi connectivity index (χ3n) is 4.12. The van der Waals surface area contributed by atoms with E-state index in [-0.39, 0.29) is 12.4 Å². The van der Waals surface area contributed by atoms with Gasteiger partial charge in [0.2, 0.25) is 0 Å². The highest BCUT2D eigenvalue weighted by atomic mass is 31.2. The van der Waals surface area contributed by atoms with Crippen molar-refractivity contribution in [1.29, 1.82) is 0 Å². The average Bonchev–Trinajstić information content (AvgIpc) is 2.88. The summed E-state index contributed by atoms with van der Waals surface area (Å²) in [6.45, 7) is 1.61. The van der Waals surface area contributed by atoms with Crippen LogP contribution in [0.15, 0.2) is 17.1 Å². The van der Waals surface area contributed by atoms with Gasteiger partial charge in [0.25, 0.3) is 0 Å². The van der Waals surface area contributed by atoms with Gasteiger partial charge in [0.05, 0.1) is 13.2 Å². The molecule has 0 bridgehead atoms. The predicted molar refractivity (Wildman–Crippen MR) is 94.7 cm³/mol. The Morgan fingerprint density at radius 1 is 1.30 bits per heavy atom. The Labute approximate surface area is 156 Å². The molecule has 0 aromatic carbocycles. The van der Waals surface area contributed by atoms with Crippen LogP contribution in [0, 0.1) is 0 Å². The van der Waals surface area contributed by atoms with Gasteiger partial charge in [-0.15, -0.1) is 0 Å². The lowest BCUT2D eigenvalue weighted by molar-refractivity contribution is -0.0551. The second-order valence-electron chi connectivity index (χ2n) is 6.25. The molecule has 11 nitrogen and oxygen atoms in total. The molecule has 5 N–H and O–H groups in total. The number of rotatable bonds is 10. The third kappa shape index (κ3) is 6.08. The molecule has 1 saturated heterocycles. The molecule has 2 heterocycles. The minimum absolute atomic E-state index is 0.00136. The Morgan fingerprint density at radius 3 is 2.70 bits per heavy atom. The van der Waals surface area contributed by atoms with Crippen LogP contribution in [0.2, 0.25) is 0 Å². The molecule has 1 aromatic heterocycles. The molecule has 154 valence electrons. The van der Waals surface area contributed by atoms with Crippen molar-refractivity contribution >= 4 is 13.6 Å². The van der Waals surface area contributed by atoms with Crippen LogP contribution < -0.4 is 11.4 Å². The van der Waals surface area contributed by atoms with Gasteiger partial charge in [0, 0.05) is 6.20 Å². The van der Waals surface area contributed by atoms with Crippen LogP contribution in [0.5, 0.6) is 0 Å². The van der Waals surface area contributed by atoms with Gasteiger partial charge in [-0.2, -0.15) is 4.98 Å². The van der Waals surface area contributed by atoms with Gasteiger partial charge < -0.3 is 25.6 Å². The van der Waals surface area contributed by atoms with Crippen molar-refractivity contribution in [3.8, 4) is 0 Å². The molecule has 0 saturated carbocycles. The van der Waals surface area contributed by atoms with Crippen LogP contribution in [0.4, 0.5) is 5.82 Å². The summed E-state index contributed by atoms with van der Waals surface area (Å²) >= 11 is 0. The van der Waals surface area contributed by atoms with Crippen LogP contribution >= 0.6 is 7.82 Å². The molecule has 27 heavy (non-hydrogen) atoms. The molecule has 12 heteroatoms. The van der Waals surface area contributed by atoms with Gasteiger partial charge >= 0.3 is 13.5 Å². The van der Waals surface area contributed by atoms with Gasteiger partial charge in [0.1, 0.15) is 24.1 Å². The summed E-state index contributed by atoms with van der Waals surface area (Å²) in [6, 6.07) is 1.34. The summed E-state index contributed by atoms with van der Waals surface area (Å²) in [5.41, 5.74) is 4.64. The summed E-state index contributed by atoms with van der Waals surface area (Å²) in [4.78, 5) is 25.1. The monoisotopic (exact) mass is 407 g/mol. The van der Waals surface area contributed by atoms with Crippen LogP contribution in [0.25, 0.3) is 0 Å². The van der Waals surface area contributed by atoms with Gasteiger partial charge in [0.15, 0.2) is 6.23 Å². The van der Waals surface area contributed by atoms with E-state index in [2.05, 4.69) is 4.98 Å². The van der Waals surface area contributed by atoms with Crippen LogP contribution in [0.3, 0.4) is 0 Å². The number of aliphatic hydroxyl groups excluding tert-OH is 2. The minimum atomic E-state index is -4.32. The standard InChI is InChI=1S/C15H26N3O8P/c1-2-3-4-5-8-24-27(22,23)25-9-10-12(19)13(20)14(26-10)18-7-6-11(16)17-15(18)21/h6-7,10,12-14,19-20H,2-5,8-9H2,1H3,(H,22,23)(H2,16,17,21)/t10-,12-,13-,14-/m1/s1. The van der Waals surface area contributed by atoms with Gasteiger partial charge in [-0.3, -0.25) is 13.6 Å². The van der Waals surface area contributed by atoms with E-state index in [1.165, 1.54) is 12.3 Å². The number of hydrogen-bond acceptors (Lipinski definition) is 9. The maximum Gasteiger partial charge on any atom is 0.472 e. The van der Waals surface area contributed by atoms with E-state index >= 15 is 0 Å². The Bertz CT molecular complexity index is 715. The first kappa shape index (κ1) is 22.0. The van der Waals surface area contributed by atoms with Crippen molar-refractivity contribution < 1.29 is 33.5 Å². The van der Waals surface area contributed by atoms with E-state index in [1.807, 2.05) is 6.92 Å². The van der Waals surface area contributed by atoms with Gasteiger partial charge in [-0.05, 0) is 12.5 Å². The van der Waals surface area contributed by atoms with Gasteiger partial charge in [-0.25, -0.2) is 9.36 Å². The fraction of sp³-hybridized carbons (Fsp3) is 0.733. The average molecular weight is 407 g/mol. The van der Waals surface area contributed by atoms with E-state index in [9.17, 15) is 24.5 Å². The highest BCUT2D eigenvalue weighted by molar-refractivity contribution is 7.47. The molecular formula is C15H26N3O8P. The number of nitrogen functional groups attached to an aromatic ring is 1. The first-order valence-electron chi connectivity index (χ1n) is 8.73. The number of unbranched alkanes of at least 4 members (excludes halogenated alkanes) is 3. The second-order valence-corrected chi connectivity index (χ2v) is 7.70. The molecule has 2 rings (SSSR count). The summed E-state index contributed by atoms with van der Waals surface area (Å²) < 4.78 is 27.9. The number of phosphoric acid groups is 1. The molecule has 0 spiro atoms. The number of aromatic nitrogens is 2. The largest absolute Gasteiger partial charge is 0.472 e. The zero-order valence-corrected chi connectivity index (χ0v) is 15.9. The lowest BCUT2D eigenvalue weighted by Crippen LogP contribution is -2.36. The number of nitrogens with two attached hydrogens (primary N) is 1. The molecule has 1 aliphatic heterocycles. The minimum Gasteiger partial charge on any atom is -0.387 e. The molecule has 0 aliphatic carbocycles. The zero-order chi connectivity index (χ0) is 20.0. The molecule has 1 unspecified atom stereocenters. The smallest absolute Gasteiger partial charge is 0.387 e. The third-order valence-corrected chi connectivity index (χ3v) is 5.10. The van der Waals surface area contributed by atoms with E-state index < -0.39 is 44.7 Å². The predicted octanol–water partition coefficient (Wildman–Crippen LogP) is 0.159. The fourth-order valence-electron chi connectivity index (χ4n) is 2.63. The number of aliphatic hydroxyl groups is 2. The van der Waals surface area contributed by atoms with Crippen molar-refractivity contribution in [1.82, 2.24) is 9.55 Å². The van der Waals surface area contributed by atoms with Crippen molar-refractivity contribution in [2.45, 2.75) is 57.1 Å². The fourth-order valence-corrected chi connectivity index (χ4v) is 3.40. The molecule has 0 amide bonds. The number of anilines is 1. The summed E-state index contributed by atoms with van der Waals surface area (Å²) in [5.74, 6) is 0.00136. The summed E-state index contributed by atoms with van der Waals surface area (Å²) in [6.07, 6.45) is -0.483. The Morgan fingerprint density at radius 2 is 2.04 bits per heavy atom. The topological polar surface area (TPSA) is 166 Å². The molecule has 5 atom stereocenters. The summed E-state index contributed by atoms with van der Waals surface area (Å²) in [7, 11) is -4.32. The first-order chi connectivity index (χ1) is 12.7. The number of hydrogen-bond donors (Lipinski definition) is 4. The number of nitrogens with zero attached hydrogens (tertiary/aromatic N) is 2. The zero-order valence-electron chi connectivity index (χ0n) is 15.0. The number of ether oxygens (including phenoxy) is 1. The molecule has 1 aliphatic rings. The van der Waals surface area contributed by atoms with E-state index in [1.54, 1.807) is 0 Å². The Kier molecular flexibility index (Phi) is 7.92. The second kappa shape index (κ2) is 9.74. The maximum absolute atomic E-state index is 11.9. The van der Waals surface area contributed by atoms with Crippen molar-refractivity contribution in [3.63, 3.8) is 0 Å². The first-order valence-corrected chi connectivity index (χ1v) is 10.2. The lowest BCUT2D eigenvalue weighted by Gasteiger charge is -2.17. The Balaban J connectivity index is 1.90. The van der Waals surface area contributed by atoms with Crippen molar-refractivity contribution in [2.24, 2.45) is 0 Å². The van der Waals surface area contributed by atoms with Crippen molar-refractivity contribution in [3.05, 3.63) is 22.7 Å². The normalized spacial score (nSPS) is 27.6. The molecule has 1 aromatic rings. The highest BCUT2D eigenvalue weighted by Crippen LogP contribution is 2.44. The van der Waals surface area contributed by atoms with E-state index in [0.29, 0.717) is 6.42 Å².